The summed E-state index contributed by atoms with van der Waals surface area (Å²) in [5.74, 6) is -1.30. The first-order valence-electron chi connectivity index (χ1n) is 6.60. The second kappa shape index (κ2) is 7.33. The first-order valence-corrected chi connectivity index (χ1v) is 8.36. The summed E-state index contributed by atoms with van der Waals surface area (Å²) >= 11 is 3.09. The molecule has 2 heterocycles. The summed E-state index contributed by atoms with van der Waals surface area (Å²) < 4.78 is 0. The molecule has 0 aliphatic carbocycles. The molecule has 1 atom stereocenters. The Bertz CT molecular complexity index is 608. The molecule has 0 radical (unpaired) electrons. The molecule has 0 aromatic carbocycles. The highest BCUT2D eigenvalue weighted by Gasteiger charge is 2.19. The van der Waals surface area contributed by atoms with Crippen LogP contribution in [0.25, 0.3) is 9.88 Å². The number of carboxylic acid groups (broad SMARTS) is 1. The molecular formula is C14H16N2O3S2. The monoisotopic (exact) mass is 324 g/mol. The van der Waals surface area contributed by atoms with Gasteiger partial charge in [0.1, 0.15) is 11.0 Å². The van der Waals surface area contributed by atoms with Crippen molar-refractivity contribution in [2.45, 2.75) is 32.2 Å². The van der Waals surface area contributed by atoms with Crippen LogP contribution in [0.2, 0.25) is 0 Å². The molecule has 21 heavy (non-hydrogen) atoms. The van der Waals surface area contributed by atoms with Gasteiger partial charge in [0.2, 0.25) is 5.91 Å². The molecule has 0 saturated heterocycles. The van der Waals surface area contributed by atoms with Gasteiger partial charge in [-0.3, -0.25) is 4.79 Å². The first kappa shape index (κ1) is 15.7. The Balaban J connectivity index is 1.95. The molecule has 1 unspecified atom stereocenters. The number of carbonyl (C=O) groups is 2. The summed E-state index contributed by atoms with van der Waals surface area (Å²) in [4.78, 5) is 28.4. The summed E-state index contributed by atoms with van der Waals surface area (Å²) in [5.41, 5.74) is 0.668. The average Bonchev–Trinajstić information content (AvgIpc) is 3.08. The lowest BCUT2D eigenvalue weighted by atomic mass is 10.1. The maximum absolute atomic E-state index is 11.9. The molecule has 7 heteroatoms. The third-order valence-corrected chi connectivity index (χ3v) is 4.77. The number of thiophene rings is 1. The van der Waals surface area contributed by atoms with E-state index < -0.39 is 12.0 Å². The number of rotatable bonds is 7. The van der Waals surface area contributed by atoms with Crippen molar-refractivity contribution in [2.24, 2.45) is 0 Å². The van der Waals surface area contributed by atoms with Gasteiger partial charge in [0.25, 0.3) is 0 Å². The van der Waals surface area contributed by atoms with Crippen LogP contribution >= 0.6 is 22.7 Å². The molecule has 2 N–H and O–H groups in total. The van der Waals surface area contributed by atoms with Gasteiger partial charge in [0, 0.05) is 5.38 Å². The van der Waals surface area contributed by atoms with Crippen molar-refractivity contribution < 1.29 is 14.7 Å². The van der Waals surface area contributed by atoms with Gasteiger partial charge in [-0.05, 0) is 17.9 Å². The Morgan fingerprint density at radius 3 is 2.86 bits per heavy atom. The maximum Gasteiger partial charge on any atom is 0.326 e. The highest BCUT2D eigenvalue weighted by molar-refractivity contribution is 7.20. The van der Waals surface area contributed by atoms with Gasteiger partial charge in [0.05, 0.1) is 17.0 Å². The lowest BCUT2D eigenvalue weighted by Crippen LogP contribution is -2.41. The minimum absolute atomic E-state index is 0.107. The van der Waals surface area contributed by atoms with Crippen molar-refractivity contribution in [3.63, 3.8) is 0 Å². The standard InChI is InChI=1S/C14H16N2O3S2/c1-2-4-10(14(18)19)16-12(17)7-9-8-21-13(15-9)11-5-3-6-20-11/h3,5-6,8,10H,2,4,7H2,1H3,(H,16,17)(H,18,19). The van der Waals surface area contributed by atoms with E-state index in [0.717, 1.165) is 9.88 Å². The van der Waals surface area contributed by atoms with Crippen LogP contribution in [0.15, 0.2) is 22.9 Å². The molecule has 112 valence electrons. The van der Waals surface area contributed by atoms with Crippen LogP contribution in [0.5, 0.6) is 0 Å². The van der Waals surface area contributed by atoms with Gasteiger partial charge in [-0.1, -0.05) is 19.4 Å². The number of aromatic nitrogens is 1. The highest BCUT2D eigenvalue weighted by Crippen LogP contribution is 2.27. The van der Waals surface area contributed by atoms with E-state index in [2.05, 4.69) is 10.3 Å². The number of carbonyl (C=O) groups excluding carboxylic acids is 1. The van der Waals surface area contributed by atoms with Gasteiger partial charge < -0.3 is 10.4 Å². The number of hydrogen-bond donors (Lipinski definition) is 2. The number of thiazole rings is 1. The molecular weight excluding hydrogens is 308 g/mol. The summed E-state index contributed by atoms with van der Waals surface area (Å²) in [6.07, 6.45) is 1.24. The second-order valence-electron chi connectivity index (χ2n) is 4.55. The predicted octanol–water partition coefficient (Wildman–Crippen LogP) is 2.78. The van der Waals surface area contributed by atoms with E-state index in [1.54, 1.807) is 11.3 Å². The molecule has 0 aliphatic heterocycles. The van der Waals surface area contributed by atoms with Gasteiger partial charge in [-0.25, -0.2) is 9.78 Å². The fourth-order valence-corrected chi connectivity index (χ4v) is 3.49. The van der Waals surface area contributed by atoms with Gasteiger partial charge in [-0.15, -0.1) is 22.7 Å². The van der Waals surface area contributed by atoms with Crippen molar-refractivity contribution in [3.05, 3.63) is 28.6 Å². The third kappa shape index (κ3) is 4.37. The minimum Gasteiger partial charge on any atom is -0.480 e. The van der Waals surface area contributed by atoms with E-state index in [0.29, 0.717) is 18.5 Å². The molecule has 2 aromatic heterocycles. The van der Waals surface area contributed by atoms with Crippen LogP contribution in [0.4, 0.5) is 0 Å². The van der Waals surface area contributed by atoms with Gasteiger partial charge >= 0.3 is 5.97 Å². The zero-order valence-corrected chi connectivity index (χ0v) is 13.2. The predicted molar refractivity (Wildman–Crippen MR) is 83.6 cm³/mol. The SMILES string of the molecule is CCCC(NC(=O)Cc1csc(-c2cccs2)n1)C(=O)O. The molecule has 0 fully saturated rings. The van der Waals surface area contributed by atoms with Crippen molar-refractivity contribution in [3.8, 4) is 9.88 Å². The number of nitrogens with zero attached hydrogens (tertiary/aromatic N) is 1. The Kier molecular flexibility index (Phi) is 5.46. The number of hydrogen-bond acceptors (Lipinski definition) is 5. The first-order chi connectivity index (χ1) is 10.1. The molecule has 1 amide bonds. The van der Waals surface area contributed by atoms with Crippen LogP contribution in [0, 0.1) is 0 Å². The summed E-state index contributed by atoms with van der Waals surface area (Å²) in [5, 5.41) is 16.3. The van der Waals surface area contributed by atoms with E-state index in [1.165, 1.54) is 11.3 Å². The van der Waals surface area contributed by atoms with Crippen molar-refractivity contribution in [1.82, 2.24) is 10.3 Å². The van der Waals surface area contributed by atoms with E-state index in [-0.39, 0.29) is 12.3 Å². The normalized spacial score (nSPS) is 12.0. The zero-order chi connectivity index (χ0) is 15.2. The fraction of sp³-hybridized carbons (Fsp3) is 0.357. The third-order valence-electron chi connectivity index (χ3n) is 2.84. The summed E-state index contributed by atoms with van der Waals surface area (Å²) in [6.45, 7) is 1.88. The molecule has 2 aromatic rings. The molecule has 5 nitrogen and oxygen atoms in total. The lowest BCUT2D eigenvalue weighted by Gasteiger charge is -2.12. The van der Waals surface area contributed by atoms with Crippen molar-refractivity contribution >= 4 is 34.6 Å². The Morgan fingerprint density at radius 1 is 1.43 bits per heavy atom. The van der Waals surface area contributed by atoms with Crippen molar-refractivity contribution in [1.29, 1.82) is 0 Å². The van der Waals surface area contributed by atoms with E-state index in [1.807, 2.05) is 29.8 Å². The van der Waals surface area contributed by atoms with Crippen LogP contribution in [-0.2, 0) is 16.0 Å². The van der Waals surface area contributed by atoms with Crippen molar-refractivity contribution in [2.75, 3.05) is 0 Å². The van der Waals surface area contributed by atoms with E-state index in [4.69, 9.17) is 5.11 Å². The summed E-state index contributed by atoms with van der Waals surface area (Å²) in [7, 11) is 0. The molecule has 0 bridgehead atoms. The van der Waals surface area contributed by atoms with Crippen LogP contribution < -0.4 is 5.32 Å². The Hall–Kier alpha value is -1.73. The largest absolute Gasteiger partial charge is 0.480 e. The lowest BCUT2D eigenvalue weighted by molar-refractivity contribution is -0.141. The summed E-state index contributed by atoms with van der Waals surface area (Å²) in [6, 6.07) is 3.11. The van der Waals surface area contributed by atoms with Crippen LogP contribution in [0.3, 0.4) is 0 Å². The zero-order valence-electron chi connectivity index (χ0n) is 11.5. The average molecular weight is 324 g/mol. The van der Waals surface area contributed by atoms with Crippen LogP contribution in [-0.4, -0.2) is 28.0 Å². The molecule has 2 rings (SSSR count). The fourth-order valence-electron chi connectivity index (χ4n) is 1.86. The van der Waals surface area contributed by atoms with E-state index in [9.17, 15) is 9.59 Å². The van der Waals surface area contributed by atoms with E-state index >= 15 is 0 Å². The number of amides is 1. The Labute approximate surface area is 130 Å². The quantitative estimate of drug-likeness (QED) is 0.821. The smallest absolute Gasteiger partial charge is 0.326 e. The number of carboxylic acids is 1. The molecule has 0 spiro atoms. The minimum atomic E-state index is -0.997. The van der Waals surface area contributed by atoms with Crippen LogP contribution in [0.1, 0.15) is 25.5 Å². The topological polar surface area (TPSA) is 79.3 Å². The molecule has 0 saturated carbocycles. The highest BCUT2D eigenvalue weighted by atomic mass is 32.1. The number of aliphatic carboxylic acids is 1. The second-order valence-corrected chi connectivity index (χ2v) is 6.35. The number of nitrogens with one attached hydrogen (secondary N) is 1. The Morgan fingerprint density at radius 2 is 2.24 bits per heavy atom. The van der Waals surface area contributed by atoms with Gasteiger partial charge in [-0.2, -0.15) is 0 Å². The maximum atomic E-state index is 11.9. The molecule has 0 aliphatic rings. The van der Waals surface area contributed by atoms with Gasteiger partial charge in [0.15, 0.2) is 0 Å².